The molecule has 0 fully saturated rings. The average Bonchev–Trinajstić information content (AvgIpc) is 3.25. The van der Waals surface area contributed by atoms with Crippen LogP contribution in [-0.2, 0) is 0 Å². The predicted octanol–water partition coefficient (Wildman–Crippen LogP) is 3.58. The number of nitrogens with zero attached hydrogens (tertiary/aromatic N) is 3. The van der Waals surface area contributed by atoms with Crippen LogP contribution < -0.4 is 5.32 Å². The molecule has 0 saturated carbocycles. The Bertz CT molecular complexity index is 1320. The summed E-state index contributed by atoms with van der Waals surface area (Å²) >= 11 is 0. The lowest BCUT2D eigenvalue weighted by atomic mass is 10.0. The smallest absolute Gasteiger partial charge is 0.269 e. The van der Waals surface area contributed by atoms with Crippen molar-refractivity contribution in [3.05, 3.63) is 112 Å². The number of aliphatic hydroxyl groups excluding tert-OH is 2. The zero-order chi connectivity index (χ0) is 24.9. The van der Waals surface area contributed by atoms with Crippen molar-refractivity contribution in [3.8, 4) is 16.9 Å². The second kappa shape index (κ2) is 10.3. The van der Waals surface area contributed by atoms with E-state index in [9.17, 15) is 25.1 Å². The standard InChI is InChI=1S/C26H24N4O5/c1-17-23(24(18-8-4-2-5-9-18)28-29(17)20-10-6-3-7-11-20)26(33)27-22(16-31)25(32)19-12-14-21(15-13-19)30(34)35/h2-15,22,25,31-32H,16H2,1H3,(H,27,33). The van der Waals surface area contributed by atoms with E-state index < -0.39 is 29.6 Å². The van der Waals surface area contributed by atoms with Crippen molar-refractivity contribution in [1.82, 2.24) is 15.1 Å². The largest absolute Gasteiger partial charge is 0.394 e. The molecule has 3 aromatic carbocycles. The number of aromatic nitrogens is 2. The molecule has 4 aromatic rings. The lowest BCUT2D eigenvalue weighted by molar-refractivity contribution is -0.384. The predicted molar refractivity (Wildman–Crippen MR) is 130 cm³/mol. The first-order chi connectivity index (χ1) is 16.9. The number of para-hydroxylation sites is 1. The molecule has 0 spiro atoms. The van der Waals surface area contributed by atoms with Crippen LogP contribution in [0.15, 0.2) is 84.9 Å². The fraction of sp³-hybridized carbons (Fsp3) is 0.154. The molecule has 0 saturated heterocycles. The number of carbonyl (C=O) groups excluding carboxylic acids is 1. The minimum atomic E-state index is -1.28. The Balaban J connectivity index is 1.68. The Morgan fingerprint density at radius 2 is 1.63 bits per heavy atom. The maximum absolute atomic E-state index is 13.5. The molecule has 0 aliphatic carbocycles. The number of hydrogen-bond acceptors (Lipinski definition) is 6. The summed E-state index contributed by atoms with van der Waals surface area (Å²) in [5.74, 6) is -0.511. The van der Waals surface area contributed by atoms with Gasteiger partial charge in [-0.05, 0) is 36.8 Å². The summed E-state index contributed by atoms with van der Waals surface area (Å²) in [5, 5.41) is 39.0. The van der Waals surface area contributed by atoms with Crippen molar-refractivity contribution in [2.24, 2.45) is 0 Å². The van der Waals surface area contributed by atoms with E-state index in [1.807, 2.05) is 60.7 Å². The molecule has 0 radical (unpaired) electrons. The Kier molecular flexibility index (Phi) is 7.00. The van der Waals surface area contributed by atoms with E-state index in [-0.39, 0.29) is 5.69 Å². The highest BCUT2D eigenvalue weighted by atomic mass is 16.6. The molecule has 4 rings (SSSR count). The van der Waals surface area contributed by atoms with Crippen molar-refractivity contribution >= 4 is 11.6 Å². The second-order valence-electron chi connectivity index (χ2n) is 7.98. The number of benzene rings is 3. The van der Waals surface area contributed by atoms with Crippen LogP contribution in [0.25, 0.3) is 16.9 Å². The Morgan fingerprint density at radius 3 is 2.20 bits per heavy atom. The van der Waals surface area contributed by atoms with E-state index in [1.165, 1.54) is 24.3 Å². The SMILES string of the molecule is Cc1c(C(=O)NC(CO)C(O)c2ccc([N+](=O)[O-])cc2)c(-c2ccccc2)nn1-c1ccccc1. The molecule has 1 heterocycles. The average molecular weight is 473 g/mol. The van der Waals surface area contributed by atoms with Crippen LogP contribution in [-0.4, -0.2) is 43.5 Å². The van der Waals surface area contributed by atoms with Crippen molar-refractivity contribution in [1.29, 1.82) is 0 Å². The lowest BCUT2D eigenvalue weighted by Gasteiger charge is -2.22. The number of nitro groups is 1. The van der Waals surface area contributed by atoms with Gasteiger partial charge >= 0.3 is 0 Å². The molecule has 35 heavy (non-hydrogen) atoms. The first-order valence-electron chi connectivity index (χ1n) is 10.9. The van der Waals surface area contributed by atoms with Crippen LogP contribution in [0.3, 0.4) is 0 Å². The van der Waals surface area contributed by atoms with Gasteiger partial charge in [0.05, 0.1) is 34.5 Å². The van der Waals surface area contributed by atoms with Gasteiger partial charge in [0.15, 0.2) is 0 Å². The molecule has 2 unspecified atom stereocenters. The first-order valence-corrected chi connectivity index (χ1v) is 10.9. The second-order valence-corrected chi connectivity index (χ2v) is 7.98. The Hall–Kier alpha value is -4.34. The molecular formula is C26H24N4O5. The molecule has 3 N–H and O–H groups in total. The summed E-state index contributed by atoms with van der Waals surface area (Å²) < 4.78 is 1.68. The van der Waals surface area contributed by atoms with E-state index in [0.29, 0.717) is 22.5 Å². The maximum Gasteiger partial charge on any atom is 0.269 e. The van der Waals surface area contributed by atoms with Crippen LogP contribution >= 0.6 is 0 Å². The van der Waals surface area contributed by atoms with E-state index in [1.54, 1.807) is 11.6 Å². The zero-order valence-corrected chi connectivity index (χ0v) is 18.9. The van der Waals surface area contributed by atoms with E-state index in [4.69, 9.17) is 5.10 Å². The number of nitrogens with one attached hydrogen (secondary N) is 1. The van der Waals surface area contributed by atoms with Crippen LogP contribution in [0.2, 0.25) is 0 Å². The Morgan fingerprint density at radius 1 is 1.03 bits per heavy atom. The van der Waals surface area contributed by atoms with Gasteiger partial charge in [-0.2, -0.15) is 5.10 Å². The molecule has 1 aromatic heterocycles. The third-order valence-corrected chi connectivity index (χ3v) is 5.73. The van der Waals surface area contributed by atoms with Gasteiger partial charge in [-0.15, -0.1) is 0 Å². The fourth-order valence-electron chi connectivity index (χ4n) is 3.88. The minimum Gasteiger partial charge on any atom is -0.394 e. The molecule has 0 aliphatic heterocycles. The highest BCUT2D eigenvalue weighted by Gasteiger charge is 2.28. The molecule has 178 valence electrons. The highest BCUT2D eigenvalue weighted by molar-refractivity contribution is 6.01. The quantitative estimate of drug-likeness (QED) is 0.265. The normalized spacial score (nSPS) is 12.7. The molecule has 9 heteroatoms. The number of aliphatic hydroxyl groups is 2. The van der Waals surface area contributed by atoms with Gasteiger partial charge in [-0.1, -0.05) is 48.5 Å². The van der Waals surface area contributed by atoms with Gasteiger partial charge in [0.1, 0.15) is 11.8 Å². The topological polar surface area (TPSA) is 131 Å². The third-order valence-electron chi connectivity index (χ3n) is 5.73. The molecule has 0 bridgehead atoms. The summed E-state index contributed by atoms with van der Waals surface area (Å²) in [6.07, 6.45) is -1.28. The van der Waals surface area contributed by atoms with E-state index >= 15 is 0 Å². The minimum absolute atomic E-state index is 0.123. The lowest BCUT2D eigenvalue weighted by Crippen LogP contribution is -2.42. The van der Waals surface area contributed by atoms with Crippen LogP contribution in [0.4, 0.5) is 5.69 Å². The van der Waals surface area contributed by atoms with E-state index in [0.717, 1.165) is 11.3 Å². The summed E-state index contributed by atoms with van der Waals surface area (Å²) in [5.41, 5.74) is 3.10. The van der Waals surface area contributed by atoms with Crippen molar-refractivity contribution < 1.29 is 19.9 Å². The van der Waals surface area contributed by atoms with Gasteiger partial charge in [0.25, 0.3) is 11.6 Å². The van der Waals surface area contributed by atoms with Gasteiger partial charge in [0.2, 0.25) is 0 Å². The van der Waals surface area contributed by atoms with Gasteiger partial charge in [0, 0.05) is 17.7 Å². The molecular weight excluding hydrogens is 448 g/mol. The summed E-state index contributed by atoms with van der Waals surface area (Å²) in [6.45, 7) is 1.23. The first kappa shape index (κ1) is 23.8. The van der Waals surface area contributed by atoms with Crippen molar-refractivity contribution in [2.45, 2.75) is 19.1 Å². The van der Waals surface area contributed by atoms with Crippen LogP contribution in [0.5, 0.6) is 0 Å². The number of rotatable bonds is 8. The maximum atomic E-state index is 13.5. The van der Waals surface area contributed by atoms with Crippen LogP contribution in [0.1, 0.15) is 27.7 Å². The molecule has 9 nitrogen and oxygen atoms in total. The number of amides is 1. The van der Waals surface area contributed by atoms with E-state index in [2.05, 4.69) is 5.32 Å². The number of nitro benzene ring substituents is 1. The fourth-order valence-corrected chi connectivity index (χ4v) is 3.88. The molecule has 0 aliphatic rings. The number of hydrogen-bond donors (Lipinski definition) is 3. The summed E-state index contributed by atoms with van der Waals surface area (Å²) in [6, 6.07) is 22.9. The molecule has 2 atom stereocenters. The third kappa shape index (κ3) is 4.96. The van der Waals surface area contributed by atoms with Gasteiger partial charge in [-0.25, -0.2) is 4.68 Å². The Labute approximate surface area is 201 Å². The summed E-state index contributed by atoms with van der Waals surface area (Å²) in [7, 11) is 0. The zero-order valence-electron chi connectivity index (χ0n) is 18.9. The highest BCUT2D eigenvalue weighted by Crippen LogP contribution is 2.28. The van der Waals surface area contributed by atoms with Crippen LogP contribution in [0, 0.1) is 17.0 Å². The summed E-state index contributed by atoms with van der Waals surface area (Å²) in [4.78, 5) is 23.8. The number of carbonyl (C=O) groups is 1. The monoisotopic (exact) mass is 472 g/mol. The van der Waals surface area contributed by atoms with Gasteiger partial charge < -0.3 is 15.5 Å². The van der Waals surface area contributed by atoms with Crippen molar-refractivity contribution in [3.63, 3.8) is 0 Å². The van der Waals surface area contributed by atoms with Gasteiger partial charge in [-0.3, -0.25) is 14.9 Å². The van der Waals surface area contributed by atoms with Crippen molar-refractivity contribution in [2.75, 3.05) is 6.61 Å². The number of non-ortho nitro benzene ring substituents is 1. The molecule has 1 amide bonds.